The Morgan fingerprint density at radius 1 is 1.17 bits per heavy atom. The second-order valence-corrected chi connectivity index (χ2v) is 7.79. The number of carbonyl (C=O) groups excluding carboxylic acids is 1. The van der Waals surface area contributed by atoms with E-state index in [-0.39, 0.29) is 36.5 Å². The molecule has 1 saturated heterocycles. The van der Waals surface area contributed by atoms with Crippen molar-refractivity contribution < 1.29 is 14.3 Å². The van der Waals surface area contributed by atoms with E-state index in [0.717, 1.165) is 39.4 Å². The zero-order valence-electron chi connectivity index (χ0n) is 18.0. The summed E-state index contributed by atoms with van der Waals surface area (Å²) in [7, 11) is 0. The van der Waals surface area contributed by atoms with Gasteiger partial charge in [-0.15, -0.1) is 24.0 Å². The van der Waals surface area contributed by atoms with Crippen molar-refractivity contribution in [1.82, 2.24) is 15.5 Å². The summed E-state index contributed by atoms with van der Waals surface area (Å²) in [5.74, 6) is 0.306. The third kappa shape index (κ3) is 10.3. The molecule has 164 valence electrons. The summed E-state index contributed by atoms with van der Waals surface area (Å²) in [4.78, 5) is 19.0. The van der Waals surface area contributed by atoms with Crippen LogP contribution in [-0.4, -0.2) is 61.8 Å². The first-order valence-corrected chi connectivity index (χ1v) is 9.98. The Morgan fingerprint density at radius 3 is 2.45 bits per heavy atom. The van der Waals surface area contributed by atoms with Crippen molar-refractivity contribution in [3.05, 3.63) is 35.4 Å². The summed E-state index contributed by atoms with van der Waals surface area (Å²) < 4.78 is 10.8. The molecule has 0 unspecified atom stereocenters. The van der Waals surface area contributed by atoms with Crippen LogP contribution in [-0.2, 0) is 27.4 Å². The van der Waals surface area contributed by atoms with E-state index < -0.39 is 5.60 Å². The number of carbonyl (C=O) groups is 1. The highest BCUT2D eigenvalue weighted by atomic mass is 127. The average Bonchev–Trinajstić information content (AvgIpc) is 2.64. The van der Waals surface area contributed by atoms with Gasteiger partial charge in [0.15, 0.2) is 5.96 Å². The fourth-order valence-corrected chi connectivity index (χ4v) is 2.91. The lowest BCUT2D eigenvalue weighted by molar-refractivity contribution is -0.153. The Bertz CT molecular complexity index is 656. The van der Waals surface area contributed by atoms with E-state index in [1.807, 2.05) is 33.8 Å². The van der Waals surface area contributed by atoms with Gasteiger partial charge < -0.3 is 20.1 Å². The van der Waals surface area contributed by atoms with Crippen LogP contribution >= 0.6 is 24.0 Å². The molecule has 0 atom stereocenters. The van der Waals surface area contributed by atoms with E-state index in [9.17, 15) is 4.79 Å². The summed E-state index contributed by atoms with van der Waals surface area (Å²) in [6.07, 6.45) is 0. The van der Waals surface area contributed by atoms with Crippen LogP contribution in [0.1, 0.15) is 38.8 Å². The van der Waals surface area contributed by atoms with Crippen LogP contribution in [0.15, 0.2) is 29.3 Å². The van der Waals surface area contributed by atoms with Gasteiger partial charge in [0, 0.05) is 26.2 Å². The van der Waals surface area contributed by atoms with Crippen molar-refractivity contribution in [2.75, 3.05) is 39.4 Å². The predicted octanol–water partition coefficient (Wildman–Crippen LogP) is 2.53. The van der Waals surface area contributed by atoms with Crippen molar-refractivity contribution >= 4 is 35.9 Å². The summed E-state index contributed by atoms with van der Waals surface area (Å²) in [6, 6.07) is 8.36. The van der Waals surface area contributed by atoms with Crippen LogP contribution in [0.4, 0.5) is 0 Å². The topological polar surface area (TPSA) is 75.2 Å². The van der Waals surface area contributed by atoms with Gasteiger partial charge in [-0.3, -0.25) is 9.69 Å². The molecule has 0 aromatic heterocycles. The van der Waals surface area contributed by atoms with E-state index in [4.69, 9.17) is 9.47 Å². The third-order valence-electron chi connectivity index (χ3n) is 4.19. The quantitative estimate of drug-likeness (QED) is 0.250. The van der Waals surface area contributed by atoms with Crippen LogP contribution in [0.2, 0.25) is 0 Å². The Morgan fingerprint density at radius 2 is 1.83 bits per heavy atom. The number of aliphatic imine (C=N–C) groups is 1. The summed E-state index contributed by atoms with van der Waals surface area (Å²) in [5.41, 5.74) is 1.96. The molecule has 8 heteroatoms. The van der Waals surface area contributed by atoms with E-state index in [1.165, 1.54) is 11.1 Å². The maximum absolute atomic E-state index is 11.9. The lowest BCUT2D eigenvalue weighted by Gasteiger charge is -2.27. The second-order valence-electron chi connectivity index (χ2n) is 7.79. The van der Waals surface area contributed by atoms with E-state index in [0.29, 0.717) is 12.5 Å². The molecule has 1 aromatic rings. The van der Waals surface area contributed by atoms with Gasteiger partial charge in [-0.1, -0.05) is 24.3 Å². The van der Waals surface area contributed by atoms with Crippen molar-refractivity contribution in [2.45, 2.75) is 46.4 Å². The number of nitrogens with zero attached hydrogens (tertiary/aromatic N) is 2. The lowest BCUT2D eigenvalue weighted by atomic mass is 10.1. The van der Waals surface area contributed by atoms with Gasteiger partial charge >= 0.3 is 5.97 Å². The van der Waals surface area contributed by atoms with E-state index in [2.05, 4.69) is 38.7 Å². The first-order chi connectivity index (χ1) is 13.4. The number of nitrogens with one attached hydrogen (secondary N) is 2. The molecule has 0 saturated carbocycles. The van der Waals surface area contributed by atoms with Gasteiger partial charge in [-0.05, 0) is 38.8 Å². The highest BCUT2D eigenvalue weighted by molar-refractivity contribution is 14.0. The molecule has 1 aliphatic rings. The molecule has 2 N–H and O–H groups in total. The molecule has 0 aliphatic carbocycles. The van der Waals surface area contributed by atoms with Crippen LogP contribution in [0.3, 0.4) is 0 Å². The zero-order valence-corrected chi connectivity index (χ0v) is 20.3. The minimum Gasteiger partial charge on any atom is -0.459 e. The SMILES string of the molecule is CCNC(=NCc1ccccc1CN1CCOCC1)NCC(=O)OC(C)(C)C.I. The van der Waals surface area contributed by atoms with Crippen molar-refractivity contribution in [2.24, 2.45) is 4.99 Å². The molecule has 1 fully saturated rings. The molecule has 2 rings (SSSR count). The Labute approximate surface area is 191 Å². The van der Waals surface area contributed by atoms with Gasteiger partial charge in [0.25, 0.3) is 0 Å². The number of ether oxygens (including phenoxy) is 2. The normalized spacial score (nSPS) is 15.4. The van der Waals surface area contributed by atoms with Crippen LogP contribution in [0.25, 0.3) is 0 Å². The Kier molecular flexibility index (Phi) is 11.5. The molecule has 0 bridgehead atoms. The number of hydrogen-bond donors (Lipinski definition) is 2. The number of halogens is 1. The van der Waals surface area contributed by atoms with Crippen molar-refractivity contribution in [3.63, 3.8) is 0 Å². The third-order valence-corrected chi connectivity index (χ3v) is 4.19. The fourth-order valence-electron chi connectivity index (χ4n) is 2.91. The molecule has 1 aromatic carbocycles. The number of rotatable bonds is 7. The van der Waals surface area contributed by atoms with Gasteiger partial charge in [-0.25, -0.2) is 4.99 Å². The first-order valence-electron chi connectivity index (χ1n) is 9.98. The van der Waals surface area contributed by atoms with Gasteiger partial charge in [0.05, 0.1) is 19.8 Å². The largest absolute Gasteiger partial charge is 0.459 e. The highest BCUT2D eigenvalue weighted by Gasteiger charge is 2.16. The van der Waals surface area contributed by atoms with Crippen LogP contribution in [0, 0.1) is 0 Å². The standard InChI is InChI=1S/C21H34N4O3.HI/c1-5-22-20(24-15-19(26)28-21(2,3)4)23-14-17-8-6-7-9-18(17)16-25-10-12-27-13-11-25;/h6-9H,5,10-16H2,1-4H3,(H2,22,23,24);1H. The molecule has 0 amide bonds. The van der Waals surface area contributed by atoms with Gasteiger partial charge in [-0.2, -0.15) is 0 Å². The van der Waals surface area contributed by atoms with Crippen molar-refractivity contribution in [1.29, 1.82) is 0 Å². The molecule has 29 heavy (non-hydrogen) atoms. The van der Waals surface area contributed by atoms with Gasteiger partial charge in [0.2, 0.25) is 0 Å². The predicted molar refractivity (Wildman–Crippen MR) is 127 cm³/mol. The van der Waals surface area contributed by atoms with Crippen molar-refractivity contribution in [3.8, 4) is 0 Å². The first kappa shape index (κ1) is 25.6. The van der Waals surface area contributed by atoms with Crippen LogP contribution in [0.5, 0.6) is 0 Å². The minimum absolute atomic E-state index is 0. The summed E-state index contributed by atoms with van der Waals surface area (Å²) in [5, 5.41) is 6.23. The number of benzene rings is 1. The molecule has 7 nitrogen and oxygen atoms in total. The minimum atomic E-state index is -0.493. The molecule has 0 spiro atoms. The molecular formula is C21H35IN4O3. The number of hydrogen-bond acceptors (Lipinski definition) is 5. The Balaban J connectivity index is 0.00000420. The monoisotopic (exact) mass is 518 g/mol. The molecular weight excluding hydrogens is 483 g/mol. The molecule has 0 radical (unpaired) electrons. The molecule has 1 aliphatic heterocycles. The number of guanidine groups is 1. The van der Waals surface area contributed by atoms with Crippen LogP contribution < -0.4 is 10.6 Å². The summed E-state index contributed by atoms with van der Waals surface area (Å²) in [6.45, 7) is 13.3. The lowest BCUT2D eigenvalue weighted by Crippen LogP contribution is -2.41. The summed E-state index contributed by atoms with van der Waals surface area (Å²) >= 11 is 0. The fraction of sp³-hybridized carbons (Fsp3) is 0.619. The Hall–Kier alpha value is -1.39. The average molecular weight is 518 g/mol. The van der Waals surface area contributed by atoms with E-state index in [1.54, 1.807) is 0 Å². The van der Waals surface area contributed by atoms with E-state index >= 15 is 0 Å². The highest BCUT2D eigenvalue weighted by Crippen LogP contribution is 2.14. The maximum Gasteiger partial charge on any atom is 0.325 e. The number of esters is 1. The zero-order chi connectivity index (χ0) is 20.4. The number of morpholine rings is 1. The molecule has 1 heterocycles. The van der Waals surface area contributed by atoms with Gasteiger partial charge in [0.1, 0.15) is 12.1 Å². The maximum atomic E-state index is 11.9. The second kappa shape index (κ2) is 13.0. The smallest absolute Gasteiger partial charge is 0.325 e.